The predicted molar refractivity (Wildman–Crippen MR) is 97.5 cm³/mol. The summed E-state index contributed by atoms with van der Waals surface area (Å²) >= 11 is 0. The molecule has 0 aromatic carbocycles. The van der Waals surface area contributed by atoms with Gasteiger partial charge in [-0.15, -0.1) is 0 Å². The van der Waals surface area contributed by atoms with E-state index in [1.54, 1.807) is 0 Å². The third kappa shape index (κ3) is 5.12. The normalized spacial score (nSPS) is 20.6. The highest BCUT2D eigenvalue weighted by Crippen LogP contribution is 2.36. The monoisotopic (exact) mass is 334 g/mol. The number of carbonyl (C=O) groups excluding carboxylic acids is 1. The standard InChI is InChI=1S/C21H34O3/c1-15(2)16(3)17-10-12-19(13-11-17)23-14-20(22)24-21(4,5)18-8-6-7-9-18/h10,12,15-16,18H,6-9,11,13-14H2,1-5H3. The molecule has 0 bridgehead atoms. The van der Waals surface area contributed by atoms with Crippen LogP contribution in [-0.4, -0.2) is 18.2 Å². The summed E-state index contributed by atoms with van der Waals surface area (Å²) in [5.41, 5.74) is 1.10. The summed E-state index contributed by atoms with van der Waals surface area (Å²) in [4.78, 5) is 12.1. The summed E-state index contributed by atoms with van der Waals surface area (Å²) in [6.07, 6.45) is 10.9. The van der Waals surface area contributed by atoms with Gasteiger partial charge in [-0.05, 0) is 56.9 Å². The number of rotatable bonds is 7. The number of allylic oxidation sites excluding steroid dienone is 4. The van der Waals surface area contributed by atoms with Crippen molar-refractivity contribution in [2.75, 3.05) is 6.61 Å². The molecule has 0 aromatic heterocycles. The molecule has 0 radical (unpaired) electrons. The van der Waals surface area contributed by atoms with Gasteiger partial charge in [-0.2, -0.15) is 0 Å². The van der Waals surface area contributed by atoms with Gasteiger partial charge >= 0.3 is 5.97 Å². The third-order valence-corrected chi connectivity index (χ3v) is 5.82. The van der Waals surface area contributed by atoms with Crippen LogP contribution in [0.4, 0.5) is 0 Å². The summed E-state index contributed by atoms with van der Waals surface area (Å²) < 4.78 is 11.4. The molecule has 1 unspecified atom stereocenters. The van der Waals surface area contributed by atoms with Crippen LogP contribution in [0.5, 0.6) is 0 Å². The molecule has 2 aliphatic rings. The minimum Gasteiger partial charge on any atom is -0.486 e. The van der Waals surface area contributed by atoms with E-state index in [0.717, 1.165) is 31.4 Å². The van der Waals surface area contributed by atoms with Crippen LogP contribution in [0.2, 0.25) is 0 Å². The Kier molecular flexibility index (Phi) is 6.54. The lowest BCUT2D eigenvalue weighted by atomic mass is 9.85. The molecule has 0 spiro atoms. The van der Waals surface area contributed by atoms with Gasteiger partial charge in [0.2, 0.25) is 0 Å². The average molecular weight is 335 g/mol. The van der Waals surface area contributed by atoms with Gasteiger partial charge in [0.25, 0.3) is 0 Å². The Hall–Kier alpha value is -1.25. The van der Waals surface area contributed by atoms with Gasteiger partial charge in [0.05, 0.1) is 5.76 Å². The molecule has 1 saturated carbocycles. The van der Waals surface area contributed by atoms with Gasteiger partial charge in [-0.1, -0.05) is 45.3 Å². The molecule has 1 fully saturated rings. The molecule has 0 heterocycles. The van der Waals surface area contributed by atoms with E-state index in [1.165, 1.54) is 18.4 Å². The molecule has 1 atom stereocenters. The number of ether oxygens (including phenoxy) is 2. The van der Waals surface area contributed by atoms with E-state index in [-0.39, 0.29) is 18.2 Å². The fraction of sp³-hybridized carbons (Fsp3) is 0.762. The Bertz CT molecular complexity index is 493. The fourth-order valence-corrected chi connectivity index (χ4v) is 3.74. The van der Waals surface area contributed by atoms with E-state index >= 15 is 0 Å². The summed E-state index contributed by atoms with van der Waals surface area (Å²) in [5, 5.41) is 0. The van der Waals surface area contributed by atoms with Gasteiger partial charge < -0.3 is 9.47 Å². The fourth-order valence-electron chi connectivity index (χ4n) is 3.74. The van der Waals surface area contributed by atoms with E-state index in [0.29, 0.717) is 17.8 Å². The smallest absolute Gasteiger partial charge is 0.344 e. The molecule has 24 heavy (non-hydrogen) atoms. The first-order chi connectivity index (χ1) is 11.3. The molecule has 2 aliphatic carbocycles. The van der Waals surface area contributed by atoms with Crippen LogP contribution in [0.3, 0.4) is 0 Å². The third-order valence-electron chi connectivity index (χ3n) is 5.82. The van der Waals surface area contributed by atoms with Crippen molar-refractivity contribution < 1.29 is 14.3 Å². The molecule has 0 N–H and O–H groups in total. The highest BCUT2D eigenvalue weighted by Gasteiger charge is 2.35. The Morgan fingerprint density at radius 3 is 2.38 bits per heavy atom. The van der Waals surface area contributed by atoms with Gasteiger partial charge in [0, 0.05) is 6.42 Å². The zero-order valence-electron chi connectivity index (χ0n) is 16.1. The van der Waals surface area contributed by atoms with Crippen molar-refractivity contribution in [3.8, 4) is 0 Å². The van der Waals surface area contributed by atoms with Crippen molar-refractivity contribution in [2.45, 2.75) is 78.7 Å². The number of hydrogen-bond acceptors (Lipinski definition) is 3. The Morgan fingerprint density at radius 1 is 1.17 bits per heavy atom. The van der Waals surface area contributed by atoms with Crippen LogP contribution >= 0.6 is 0 Å². The zero-order valence-corrected chi connectivity index (χ0v) is 16.1. The first-order valence-corrected chi connectivity index (χ1v) is 9.54. The van der Waals surface area contributed by atoms with Crippen molar-refractivity contribution >= 4 is 5.97 Å². The molecule has 0 aliphatic heterocycles. The van der Waals surface area contributed by atoms with Crippen molar-refractivity contribution in [1.29, 1.82) is 0 Å². The van der Waals surface area contributed by atoms with Crippen molar-refractivity contribution in [2.24, 2.45) is 17.8 Å². The van der Waals surface area contributed by atoms with Crippen LogP contribution in [0.15, 0.2) is 23.5 Å². The largest absolute Gasteiger partial charge is 0.486 e. The maximum Gasteiger partial charge on any atom is 0.344 e. The van der Waals surface area contributed by atoms with E-state index < -0.39 is 0 Å². The summed E-state index contributed by atoms with van der Waals surface area (Å²) in [5.74, 6) is 2.38. The first-order valence-electron chi connectivity index (χ1n) is 9.54. The van der Waals surface area contributed by atoms with E-state index in [2.05, 4.69) is 26.8 Å². The van der Waals surface area contributed by atoms with Crippen LogP contribution in [-0.2, 0) is 14.3 Å². The lowest BCUT2D eigenvalue weighted by Gasteiger charge is -2.31. The lowest BCUT2D eigenvalue weighted by molar-refractivity contribution is -0.165. The number of carbonyl (C=O) groups is 1. The minimum atomic E-state index is -0.377. The Balaban J connectivity index is 1.80. The Labute approximate surface area is 147 Å². The van der Waals surface area contributed by atoms with Gasteiger partial charge in [0.1, 0.15) is 5.60 Å². The molecular formula is C21H34O3. The van der Waals surface area contributed by atoms with E-state index in [1.807, 2.05) is 19.9 Å². The van der Waals surface area contributed by atoms with Gasteiger partial charge in [-0.25, -0.2) is 4.79 Å². The van der Waals surface area contributed by atoms with E-state index in [4.69, 9.17) is 9.47 Å². The SMILES string of the molecule is CC(C)C(C)C1=CC=C(OCC(=O)OC(C)(C)C2CCCC2)CC1. The molecular weight excluding hydrogens is 300 g/mol. The summed E-state index contributed by atoms with van der Waals surface area (Å²) in [6.45, 7) is 10.9. The van der Waals surface area contributed by atoms with E-state index in [9.17, 15) is 4.79 Å². The maximum absolute atomic E-state index is 12.1. The number of hydrogen-bond donors (Lipinski definition) is 0. The molecule has 136 valence electrons. The topological polar surface area (TPSA) is 35.5 Å². The zero-order chi connectivity index (χ0) is 17.7. The van der Waals surface area contributed by atoms with Crippen molar-refractivity contribution in [1.82, 2.24) is 0 Å². The Morgan fingerprint density at radius 2 is 1.83 bits per heavy atom. The lowest BCUT2D eigenvalue weighted by Crippen LogP contribution is -2.36. The second-order valence-corrected chi connectivity index (χ2v) is 8.25. The van der Waals surface area contributed by atoms with Crippen molar-refractivity contribution in [3.63, 3.8) is 0 Å². The summed E-state index contributed by atoms with van der Waals surface area (Å²) in [6, 6.07) is 0. The second-order valence-electron chi connectivity index (χ2n) is 8.25. The molecule has 0 aromatic rings. The minimum absolute atomic E-state index is 0.0187. The second kappa shape index (κ2) is 8.22. The molecule has 2 rings (SSSR count). The van der Waals surface area contributed by atoms with Crippen LogP contribution in [0.1, 0.15) is 73.1 Å². The maximum atomic E-state index is 12.1. The molecule has 3 heteroatoms. The quantitative estimate of drug-likeness (QED) is 0.584. The van der Waals surface area contributed by atoms with Crippen LogP contribution < -0.4 is 0 Å². The predicted octanol–water partition coefficient (Wildman–Crippen LogP) is 5.41. The highest BCUT2D eigenvalue weighted by atomic mass is 16.6. The molecule has 3 nitrogen and oxygen atoms in total. The first kappa shape index (κ1) is 19.1. The number of esters is 1. The highest BCUT2D eigenvalue weighted by molar-refractivity contribution is 5.71. The van der Waals surface area contributed by atoms with Crippen LogP contribution in [0.25, 0.3) is 0 Å². The van der Waals surface area contributed by atoms with Crippen molar-refractivity contribution in [3.05, 3.63) is 23.5 Å². The molecule has 0 saturated heterocycles. The van der Waals surface area contributed by atoms with Crippen LogP contribution in [0, 0.1) is 17.8 Å². The summed E-state index contributed by atoms with van der Waals surface area (Å²) in [7, 11) is 0. The van der Waals surface area contributed by atoms with Gasteiger partial charge in [-0.3, -0.25) is 0 Å². The molecule has 0 amide bonds. The van der Waals surface area contributed by atoms with Gasteiger partial charge in [0.15, 0.2) is 6.61 Å². The average Bonchev–Trinajstić information content (AvgIpc) is 3.07.